The maximum absolute atomic E-state index is 14.3. The average molecular weight is 599 g/mol. The average Bonchev–Trinajstić information content (AvgIpc) is 3.27. The summed E-state index contributed by atoms with van der Waals surface area (Å²) >= 11 is 0. The van der Waals surface area contributed by atoms with E-state index in [0.29, 0.717) is 28.3 Å². The van der Waals surface area contributed by atoms with Crippen LogP contribution < -0.4 is 5.32 Å². The maximum atomic E-state index is 14.3. The molecule has 2 N–H and O–H groups in total. The standard InChI is InChI=1S/C35H39FN4O4/c1-22(23-8-10-24(11-9-23)32(43)38-19-15-30(41)42)40-33(44)31(39-35(40)16-12-28(13-17-35)34(2,3)4)27-7-5-6-25(20-27)26-14-18-37-29(36)21-26/h5-11,14,18,20-22,28H,12-13,15-17,19H2,1-4H3,(H,38,43)(H,41,42). The van der Waals surface area contributed by atoms with Crippen molar-refractivity contribution >= 4 is 23.5 Å². The molecule has 1 atom stereocenters. The molecule has 1 spiro atoms. The number of carboxylic acid groups (broad SMARTS) is 1. The molecule has 3 aromatic rings. The summed E-state index contributed by atoms with van der Waals surface area (Å²) in [6, 6.07) is 17.4. The zero-order valence-electron chi connectivity index (χ0n) is 25.6. The monoisotopic (exact) mass is 598 g/mol. The second-order valence-corrected chi connectivity index (χ2v) is 12.9. The molecule has 2 heterocycles. The van der Waals surface area contributed by atoms with E-state index in [9.17, 15) is 18.8 Å². The summed E-state index contributed by atoms with van der Waals surface area (Å²) in [5.74, 6) is -1.53. The third-order valence-corrected chi connectivity index (χ3v) is 9.06. The van der Waals surface area contributed by atoms with Gasteiger partial charge in [-0.2, -0.15) is 4.39 Å². The number of benzene rings is 2. The molecule has 44 heavy (non-hydrogen) atoms. The number of aliphatic imine (C=N–C) groups is 1. The van der Waals surface area contributed by atoms with Crippen LogP contribution in [0.5, 0.6) is 0 Å². The van der Waals surface area contributed by atoms with E-state index in [2.05, 4.69) is 31.1 Å². The lowest BCUT2D eigenvalue weighted by molar-refractivity contribution is -0.137. The molecule has 230 valence electrons. The van der Waals surface area contributed by atoms with E-state index in [1.807, 2.05) is 48.2 Å². The molecule has 2 aromatic carbocycles. The van der Waals surface area contributed by atoms with Crippen LogP contribution in [-0.4, -0.2) is 50.7 Å². The normalized spacial score (nSPS) is 20.8. The summed E-state index contributed by atoms with van der Waals surface area (Å²) in [5.41, 5.74) is 3.27. The predicted molar refractivity (Wildman–Crippen MR) is 167 cm³/mol. The maximum Gasteiger partial charge on any atom is 0.305 e. The van der Waals surface area contributed by atoms with E-state index in [1.54, 1.807) is 18.2 Å². The lowest BCUT2D eigenvalue weighted by atomic mass is 9.69. The molecule has 1 fully saturated rings. The number of nitrogens with zero attached hydrogens (tertiary/aromatic N) is 3. The molecule has 1 unspecified atom stereocenters. The van der Waals surface area contributed by atoms with Gasteiger partial charge in [-0.1, -0.05) is 51.1 Å². The van der Waals surface area contributed by atoms with Crippen molar-refractivity contribution < 1.29 is 23.9 Å². The first-order chi connectivity index (χ1) is 20.9. The van der Waals surface area contributed by atoms with E-state index >= 15 is 0 Å². The Morgan fingerprint density at radius 1 is 1.05 bits per heavy atom. The number of aromatic nitrogens is 1. The summed E-state index contributed by atoms with van der Waals surface area (Å²) in [6.07, 6.45) is 4.65. The van der Waals surface area contributed by atoms with Crippen molar-refractivity contribution in [1.29, 1.82) is 0 Å². The number of hydrogen-bond donors (Lipinski definition) is 2. The molecule has 0 saturated heterocycles. The lowest BCUT2D eigenvalue weighted by Crippen LogP contribution is -2.50. The number of carbonyl (C=O) groups is 3. The number of aliphatic carboxylic acids is 1. The fraction of sp³-hybridized carbons (Fsp3) is 0.400. The molecule has 8 nitrogen and oxygen atoms in total. The number of pyridine rings is 1. The van der Waals surface area contributed by atoms with Gasteiger partial charge in [0.15, 0.2) is 0 Å². The van der Waals surface area contributed by atoms with Crippen LogP contribution in [-0.2, 0) is 9.59 Å². The number of carboxylic acids is 1. The SMILES string of the molecule is CC(c1ccc(C(=O)NCCC(=O)O)cc1)N1C(=O)C(c2cccc(-c3ccnc(F)c3)c2)=NC12CCC(C(C)(C)C)CC2. The third-order valence-electron chi connectivity index (χ3n) is 9.06. The van der Waals surface area contributed by atoms with Gasteiger partial charge < -0.3 is 15.3 Å². The van der Waals surface area contributed by atoms with Crippen LogP contribution in [0.2, 0.25) is 0 Å². The fourth-order valence-corrected chi connectivity index (χ4v) is 6.51. The van der Waals surface area contributed by atoms with Gasteiger partial charge in [-0.3, -0.25) is 19.4 Å². The fourth-order valence-electron chi connectivity index (χ4n) is 6.51. The molecule has 2 aliphatic rings. The van der Waals surface area contributed by atoms with E-state index in [1.165, 1.54) is 12.3 Å². The van der Waals surface area contributed by atoms with Crippen LogP contribution in [0, 0.1) is 17.3 Å². The first-order valence-corrected chi connectivity index (χ1v) is 15.1. The molecule has 5 rings (SSSR count). The van der Waals surface area contributed by atoms with E-state index in [4.69, 9.17) is 10.1 Å². The lowest BCUT2D eigenvalue weighted by Gasteiger charge is -2.46. The van der Waals surface area contributed by atoms with E-state index < -0.39 is 17.6 Å². The quantitative estimate of drug-likeness (QED) is 0.291. The van der Waals surface area contributed by atoms with Crippen molar-refractivity contribution in [3.8, 4) is 11.1 Å². The Labute approximate surface area is 257 Å². The Kier molecular flexibility index (Phi) is 8.68. The third kappa shape index (κ3) is 6.42. The summed E-state index contributed by atoms with van der Waals surface area (Å²) in [6.45, 7) is 8.82. The van der Waals surface area contributed by atoms with Crippen LogP contribution in [0.25, 0.3) is 11.1 Å². The van der Waals surface area contributed by atoms with Crippen LogP contribution in [0.3, 0.4) is 0 Å². The summed E-state index contributed by atoms with van der Waals surface area (Å²) in [5, 5.41) is 11.5. The minimum Gasteiger partial charge on any atom is -0.481 e. The zero-order chi connectivity index (χ0) is 31.6. The van der Waals surface area contributed by atoms with Crippen molar-refractivity contribution in [2.45, 2.75) is 71.5 Å². The molecule has 1 aliphatic heterocycles. The van der Waals surface area contributed by atoms with Gasteiger partial charge in [-0.05, 0) is 84.9 Å². The van der Waals surface area contributed by atoms with Gasteiger partial charge in [0.1, 0.15) is 11.4 Å². The largest absolute Gasteiger partial charge is 0.481 e. The molecule has 1 saturated carbocycles. The van der Waals surface area contributed by atoms with E-state index in [0.717, 1.165) is 36.8 Å². The van der Waals surface area contributed by atoms with Gasteiger partial charge in [0.05, 0.1) is 12.5 Å². The topological polar surface area (TPSA) is 112 Å². The van der Waals surface area contributed by atoms with Crippen molar-refractivity contribution in [1.82, 2.24) is 15.2 Å². The van der Waals surface area contributed by atoms with Gasteiger partial charge in [0.2, 0.25) is 5.95 Å². The Morgan fingerprint density at radius 3 is 2.34 bits per heavy atom. The molecular weight excluding hydrogens is 559 g/mol. The molecule has 2 amide bonds. The highest BCUT2D eigenvalue weighted by Crippen LogP contribution is 2.49. The number of carbonyl (C=O) groups excluding carboxylic acids is 2. The number of rotatable bonds is 8. The Balaban J connectivity index is 1.45. The summed E-state index contributed by atoms with van der Waals surface area (Å²) < 4.78 is 13.9. The summed E-state index contributed by atoms with van der Waals surface area (Å²) in [7, 11) is 0. The molecule has 1 aliphatic carbocycles. The van der Waals surface area contributed by atoms with Crippen LogP contribution >= 0.6 is 0 Å². The smallest absolute Gasteiger partial charge is 0.305 e. The molecule has 9 heteroatoms. The van der Waals surface area contributed by atoms with Gasteiger partial charge in [-0.15, -0.1) is 0 Å². The number of hydrogen-bond acceptors (Lipinski definition) is 5. The van der Waals surface area contributed by atoms with Gasteiger partial charge in [0, 0.05) is 29.9 Å². The second-order valence-electron chi connectivity index (χ2n) is 12.9. The Hall–Kier alpha value is -4.40. The second kappa shape index (κ2) is 12.3. The first kappa shape index (κ1) is 31.0. The Bertz CT molecular complexity index is 1590. The highest BCUT2D eigenvalue weighted by Gasteiger charge is 2.52. The van der Waals surface area contributed by atoms with Crippen molar-refractivity contribution in [3.63, 3.8) is 0 Å². The van der Waals surface area contributed by atoms with Crippen molar-refractivity contribution in [2.75, 3.05) is 6.54 Å². The van der Waals surface area contributed by atoms with Gasteiger partial charge in [-0.25, -0.2) is 4.98 Å². The van der Waals surface area contributed by atoms with Crippen LogP contribution in [0.1, 0.15) is 87.3 Å². The number of nitrogens with one attached hydrogen (secondary N) is 1. The van der Waals surface area contributed by atoms with Crippen LogP contribution in [0.15, 0.2) is 71.9 Å². The molecule has 1 aromatic heterocycles. The molecule has 0 radical (unpaired) electrons. The Morgan fingerprint density at radius 2 is 1.70 bits per heavy atom. The number of halogens is 1. The zero-order valence-corrected chi connectivity index (χ0v) is 25.6. The molecular formula is C35H39FN4O4. The summed E-state index contributed by atoms with van der Waals surface area (Å²) in [4.78, 5) is 48.4. The number of amides is 2. The van der Waals surface area contributed by atoms with Gasteiger partial charge in [0.25, 0.3) is 11.8 Å². The highest BCUT2D eigenvalue weighted by atomic mass is 19.1. The minimum absolute atomic E-state index is 0.0457. The van der Waals surface area contributed by atoms with Crippen molar-refractivity contribution in [2.24, 2.45) is 16.3 Å². The van der Waals surface area contributed by atoms with E-state index in [-0.39, 0.29) is 36.2 Å². The highest BCUT2D eigenvalue weighted by molar-refractivity contribution is 6.47. The molecule has 0 bridgehead atoms. The van der Waals surface area contributed by atoms with Gasteiger partial charge >= 0.3 is 5.97 Å². The first-order valence-electron chi connectivity index (χ1n) is 15.1. The minimum atomic E-state index is -0.977. The predicted octanol–water partition coefficient (Wildman–Crippen LogP) is 6.42. The van der Waals surface area contributed by atoms with Crippen molar-refractivity contribution in [3.05, 3.63) is 89.5 Å². The van der Waals surface area contributed by atoms with Crippen LogP contribution in [0.4, 0.5) is 4.39 Å².